The molecular weight excluding hydrogens is 588 g/mol. The number of carbonyl (C=O) groups excluding carboxylic acids is 3. The average Bonchev–Trinajstić information content (AvgIpc) is 3.47. The van der Waals surface area contributed by atoms with E-state index in [0.29, 0.717) is 31.1 Å². The number of allylic oxidation sites excluding steroid dienone is 4. The molecule has 240 valence electrons. The van der Waals surface area contributed by atoms with E-state index in [9.17, 15) is 19.5 Å². The Morgan fingerprint density at radius 2 is 1.91 bits per heavy atom. The highest BCUT2D eigenvalue weighted by Crippen LogP contribution is 2.74. The Balaban J connectivity index is 0.00000188. The summed E-state index contributed by atoms with van der Waals surface area (Å²) in [5.41, 5.74) is -4.50. The van der Waals surface area contributed by atoms with Crippen molar-refractivity contribution in [3.63, 3.8) is 0 Å². The topological polar surface area (TPSA) is 83.9 Å². The normalized spacial score (nSPS) is 40.5. The van der Waals surface area contributed by atoms with Gasteiger partial charge in [-0.2, -0.15) is 0 Å². The number of ether oxygens (including phenoxy) is 1. The van der Waals surface area contributed by atoms with Gasteiger partial charge in [-0.1, -0.05) is 57.5 Å². The number of carbonyl (C=O) groups is 3. The second-order valence-corrected chi connectivity index (χ2v) is 13.9. The maximum atomic E-state index is 17.6. The van der Waals surface area contributed by atoms with Gasteiger partial charge in [0.2, 0.25) is 0 Å². The van der Waals surface area contributed by atoms with Crippen LogP contribution in [0.15, 0.2) is 48.1 Å². The number of nitrogens with zero attached hydrogens (tertiary/aromatic N) is 1. The molecule has 1 saturated heterocycles. The molecule has 0 radical (unpaired) electrons. The smallest absolute Gasteiger partial charge is 0.305 e. The van der Waals surface area contributed by atoms with Gasteiger partial charge in [0.25, 0.3) is 0 Å². The summed E-state index contributed by atoms with van der Waals surface area (Å²) in [4.78, 5) is 40.7. The summed E-state index contributed by atoms with van der Waals surface area (Å²) in [6.07, 6.45) is 1.32. The Morgan fingerprint density at radius 1 is 1.18 bits per heavy atom. The minimum Gasteiger partial charge on any atom is -0.458 e. The fourth-order valence-electron chi connectivity index (χ4n) is 9.77. The lowest BCUT2D eigenvalue weighted by atomic mass is 9.43. The van der Waals surface area contributed by atoms with Gasteiger partial charge in [-0.25, -0.2) is 8.78 Å². The molecule has 1 aliphatic heterocycles. The molecule has 0 amide bonds. The predicted octanol–water partition coefficient (Wildman–Crippen LogP) is 6.24. The number of fused-ring (bicyclic) bond motifs is 7. The molecule has 0 aromatic heterocycles. The molecule has 0 spiro atoms. The second kappa shape index (κ2) is 11.7. The van der Waals surface area contributed by atoms with Crippen LogP contribution in [0.3, 0.4) is 0 Å². The van der Waals surface area contributed by atoms with Gasteiger partial charge in [0.15, 0.2) is 23.8 Å². The number of hydrogen-bond donors (Lipinski definition) is 1. The minimum atomic E-state index is -2.21. The molecule has 1 unspecified atom stereocenters. The quantitative estimate of drug-likeness (QED) is 0.375. The van der Waals surface area contributed by atoms with Crippen LogP contribution >= 0.6 is 11.6 Å². The summed E-state index contributed by atoms with van der Waals surface area (Å²) in [5.74, 6) is -2.54. The van der Waals surface area contributed by atoms with Crippen LogP contribution in [0, 0.1) is 34.0 Å². The maximum absolute atomic E-state index is 17.6. The third-order valence-electron chi connectivity index (χ3n) is 11.7. The molecule has 6 rings (SSSR count). The number of halogens is 3. The number of alkyl halides is 2. The van der Waals surface area contributed by atoms with Gasteiger partial charge in [-0.15, -0.1) is 0 Å². The summed E-state index contributed by atoms with van der Waals surface area (Å²) in [6, 6.07) is 7.54. The Hall–Kier alpha value is -2.42. The lowest BCUT2D eigenvalue weighted by molar-refractivity contribution is -0.212. The number of aliphatic hydroxyl groups is 1. The van der Waals surface area contributed by atoms with Crippen molar-refractivity contribution >= 4 is 29.1 Å². The molecule has 0 bridgehead atoms. The van der Waals surface area contributed by atoms with Crippen molar-refractivity contribution in [1.82, 2.24) is 4.90 Å². The van der Waals surface area contributed by atoms with Crippen LogP contribution in [0.4, 0.5) is 8.78 Å². The first-order valence-electron chi connectivity index (χ1n) is 15.9. The van der Waals surface area contributed by atoms with Gasteiger partial charge in [0.05, 0.1) is 11.5 Å². The van der Waals surface area contributed by atoms with Gasteiger partial charge in [-0.3, -0.25) is 19.3 Å². The molecule has 9 heteroatoms. The summed E-state index contributed by atoms with van der Waals surface area (Å²) in [6.45, 7) is 10.3. The van der Waals surface area contributed by atoms with Crippen LogP contribution in [0.2, 0.25) is 5.02 Å². The van der Waals surface area contributed by atoms with Crippen LogP contribution in [0.25, 0.3) is 0 Å². The average molecular weight is 632 g/mol. The molecule has 1 aromatic rings. The largest absolute Gasteiger partial charge is 0.458 e. The standard InChI is InChI=1S/C33H38ClF2NO5.C2H6/c1-4-29(41)42-17-28(40)32-18-37(15-19-6-5-7-21(34)10-19)16-20(32)11-23-24-13-26(35)25-12-22(38)8-9-30(25,2)33(24,36)27(39)14-31(23,32)3;1-2/h5-10,12,20,23-24,26-27,39H,4,11,13-18H2,1-3H3;1-2H3/t20-,23?,24-,26-,27-,30-,31-,32+,33-;/m0./s1. The van der Waals surface area contributed by atoms with E-state index in [4.69, 9.17) is 16.3 Å². The molecule has 4 fully saturated rings. The van der Waals surface area contributed by atoms with Crippen molar-refractivity contribution in [2.45, 2.75) is 84.8 Å². The van der Waals surface area contributed by atoms with Gasteiger partial charge in [0, 0.05) is 42.4 Å². The molecule has 1 heterocycles. The summed E-state index contributed by atoms with van der Waals surface area (Å²) < 4.78 is 38.9. The van der Waals surface area contributed by atoms with E-state index < -0.39 is 52.0 Å². The number of benzene rings is 1. The van der Waals surface area contributed by atoms with Gasteiger partial charge in [0.1, 0.15) is 6.17 Å². The molecule has 9 atom stereocenters. The Morgan fingerprint density at radius 3 is 2.59 bits per heavy atom. The van der Waals surface area contributed by atoms with E-state index in [2.05, 4.69) is 4.90 Å². The van der Waals surface area contributed by atoms with E-state index in [0.717, 1.165) is 5.56 Å². The van der Waals surface area contributed by atoms with Gasteiger partial charge < -0.3 is 9.84 Å². The molecule has 4 aliphatic carbocycles. The highest BCUT2D eigenvalue weighted by molar-refractivity contribution is 6.30. The Bertz CT molecular complexity index is 1400. The molecule has 6 nitrogen and oxygen atoms in total. The van der Waals surface area contributed by atoms with Crippen molar-refractivity contribution in [1.29, 1.82) is 0 Å². The van der Waals surface area contributed by atoms with E-state index in [1.807, 2.05) is 39.0 Å². The third-order valence-corrected chi connectivity index (χ3v) is 11.9. The first-order chi connectivity index (χ1) is 20.8. The van der Waals surface area contributed by atoms with Crippen LogP contribution in [0.1, 0.15) is 65.9 Å². The predicted molar refractivity (Wildman–Crippen MR) is 164 cm³/mol. The molecule has 1 N–H and O–H groups in total. The first kappa shape index (κ1) is 33.0. The van der Waals surface area contributed by atoms with E-state index >= 15 is 8.78 Å². The summed E-state index contributed by atoms with van der Waals surface area (Å²) in [5, 5.41) is 12.4. The number of aliphatic hydroxyl groups excluding tert-OH is 1. The maximum Gasteiger partial charge on any atom is 0.305 e. The van der Waals surface area contributed by atoms with Gasteiger partial charge >= 0.3 is 5.97 Å². The highest BCUT2D eigenvalue weighted by atomic mass is 35.5. The third kappa shape index (κ3) is 4.65. The zero-order chi connectivity index (χ0) is 32.2. The fraction of sp³-hybridized carbons (Fsp3) is 0.629. The lowest BCUT2D eigenvalue weighted by Gasteiger charge is -2.63. The van der Waals surface area contributed by atoms with E-state index in [1.54, 1.807) is 19.9 Å². The van der Waals surface area contributed by atoms with Crippen LogP contribution in [-0.2, 0) is 25.7 Å². The van der Waals surface area contributed by atoms with Crippen molar-refractivity contribution in [3.05, 3.63) is 58.7 Å². The minimum absolute atomic E-state index is 0.00123. The number of Topliss-reactive ketones (excluding diaryl/α,β-unsaturated/α-hetero) is 1. The SMILES string of the molecule is CC.CCC(=O)OCC(=O)[C@@]12CN(Cc3cccc(Cl)c3)C[C@@H]1CC1[C@@H]3C[C@H](F)C4=CC(=O)C=C[C@]4(C)[C@@]3(F)[C@@H](O)C[C@@]12C. The first-order valence-corrected chi connectivity index (χ1v) is 16.3. The van der Waals surface area contributed by atoms with Crippen molar-refractivity contribution < 1.29 is 33.0 Å². The van der Waals surface area contributed by atoms with Crippen LogP contribution in [0.5, 0.6) is 0 Å². The highest BCUT2D eigenvalue weighted by Gasteiger charge is 2.78. The zero-order valence-corrected chi connectivity index (χ0v) is 27.0. The molecule has 44 heavy (non-hydrogen) atoms. The monoisotopic (exact) mass is 631 g/mol. The van der Waals surface area contributed by atoms with Crippen LogP contribution in [-0.4, -0.2) is 65.2 Å². The van der Waals surface area contributed by atoms with Crippen molar-refractivity contribution in [3.8, 4) is 0 Å². The van der Waals surface area contributed by atoms with Crippen molar-refractivity contribution in [2.24, 2.45) is 34.0 Å². The number of hydrogen-bond acceptors (Lipinski definition) is 6. The summed E-state index contributed by atoms with van der Waals surface area (Å²) >= 11 is 6.23. The molecule has 1 aromatic carbocycles. The molecule has 3 saturated carbocycles. The Labute approximate surface area is 263 Å². The summed E-state index contributed by atoms with van der Waals surface area (Å²) in [7, 11) is 0. The molecular formula is C35H44ClF2NO5. The number of esters is 1. The van der Waals surface area contributed by atoms with Gasteiger partial charge in [-0.05, 0) is 78.9 Å². The van der Waals surface area contributed by atoms with Crippen LogP contribution < -0.4 is 0 Å². The number of ketones is 2. The lowest BCUT2D eigenvalue weighted by Crippen LogP contribution is -2.69. The fourth-order valence-corrected chi connectivity index (χ4v) is 9.98. The molecule has 5 aliphatic rings. The van der Waals surface area contributed by atoms with E-state index in [1.165, 1.54) is 18.2 Å². The Kier molecular flexibility index (Phi) is 8.80. The van der Waals surface area contributed by atoms with E-state index in [-0.39, 0.29) is 48.9 Å². The zero-order valence-electron chi connectivity index (χ0n) is 26.2. The van der Waals surface area contributed by atoms with Crippen molar-refractivity contribution in [2.75, 3.05) is 19.7 Å². The number of likely N-dealkylation sites (tertiary alicyclic amines) is 1. The number of rotatable bonds is 6. The second-order valence-electron chi connectivity index (χ2n) is 13.5.